The first-order valence-corrected chi connectivity index (χ1v) is 15.7. The van der Waals surface area contributed by atoms with Crippen LogP contribution in [-0.2, 0) is 26.2 Å². The van der Waals surface area contributed by atoms with Crippen LogP contribution in [0.4, 0.5) is 10.1 Å². The quantitative estimate of drug-likeness (QED) is 0.307. The highest BCUT2D eigenvalue weighted by atomic mass is 32.2. The summed E-state index contributed by atoms with van der Waals surface area (Å²) in [6, 6.07) is 19.1. The number of hydrogen-bond donors (Lipinski definition) is 1. The Hall–Kier alpha value is -3.92. The summed E-state index contributed by atoms with van der Waals surface area (Å²) in [7, 11) is -2.65. The van der Waals surface area contributed by atoms with Crippen molar-refractivity contribution in [3.05, 3.63) is 90.2 Å². The number of benzene rings is 3. The maximum absolute atomic E-state index is 14.1. The van der Waals surface area contributed by atoms with Gasteiger partial charge < -0.3 is 15.0 Å². The van der Waals surface area contributed by atoms with Gasteiger partial charge in [-0.3, -0.25) is 13.9 Å². The number of halogens is 1. The normalized spacial score (nSPS) is 14.5. The van der Waals surface area contributed by atoms with Crippen LogP contribution in [0.5, 0.6) is 5.75 Å². The zero-order chi connectivity index (χ0) is 30.1. The van der Waals surface area contributed by atoms with Gasteiger partial charge in [0.05, 0.1) is 17.7 Å². The van der Waals surface area contributed by atoms with Crippen molar-refractivity contribution in [2.75, 3.05) is 18.0 Å². The molecule has 8 nitrogen and oxygen atoms in total. The van der Waals surface area contributed by atoms with E-state index in [9.17, 15) is 22.4 Å². The number of ether oxygens (including phenoxy) is 1. The van der Waals surface area contributed by atoms with Crippen LogP contribution in [0, 0.1) is 5.82 Å². The average molecular weight is 596 g/mol. The lowest BCUT2D eigenvalue weighted by molar-refractivity contribution is -0.140. The molecule has 1 aliphatic rings. The van der Waals surface area contributed by atoms with Gasteiger partial charge in [0.2, 0.25) is 11.8 Å². The Morgan fingerprint density at radius 1 is 0.952 bits per heavy atom. The van der Waals surface area contributed by atoms with E-state index in [0.29, 0.717) is 12.2 Å². The van der Waals surface area contributed by atoms with Crippen molar-refractivity contribution in [2.24, 2.45) is 0 Å². The first-order valence-electron chi connectivity index (χ1n) is 14.3. The van der Waals surface area contributed by atoms with Crippen molar-refractivity contribution in [3.8, 4) is 5.75 Å². The third-order valence-electron chi connectivity index (χ3n) is 7.57. The third kappa shape index (κ3) is 7.67. The lowest BCUT2D eigenvalue weighted by atomic mass is 9.95. The molecule has 224 valence electrons. The molecule has 0 spiro atoms. The molecule has 1 aliphatic carbocycles. The minimum absolute atomic E-state index is 0.00841. The van der Waals surface area contributed by atoms with Crippen molar-refractivity contribution >= 4 is 27.5 Å². The number of nitrogens with one attached hydrogen (secondary N) is 1. The molecule has 0 heterocycles. The molecule has 0 aliphatic heterocycles. The number of hydrogen-bond acceptors (Lipinski definition) is 5. The minimum atomic E-state index is -4.21. The first kappa shape index (κ1) is 31.0. The standard InChI is InChI=1S/C32H38FN3O5S/c1-3-30(32(38)34-26-10-6-4-7-11-26)35(22-24-14-20-28(41-2)21-15-24)31(37)23-36(27-18-16-25(33)17-19-27)42(39,40)29-12-8-5-9-13-29/h5,8-9,12-21,26,30H,3-4,6-7,10-11,22-23H2,1-2H3,(H,34,38)/t30-/m1/s1. The van der Waals surface area contributed by atoms with Gasteiger partial charge in [0.1, 0.15) is 24.2 Å². The van der Waals surface area contributed by atoms with Crippen LogP contribution < -0.4 is 14.4 Å². The van der Waals surface area contributed by atoms with Gasteiger partial charge in [0, 0.05) is 12.6 Å². The maximum Gasteiger partial charge on any atom is 0.264 e. The van der Waals surface area contributed by atoms with E-state index in [0.717, 1.165) is 54.1 Å². The highest BCUT2D eigenvalue weighted by Crippen LogP contribution is 2.26. The number of sulfonamides is 1. The fourth-order valence-electron chi connectivity index (χ4n) is 5.25. The molecule has 0 radical (unpaired) electrons. The van der Waals surface area contributed by atoms with Crippen LogP contribution in [0.1, 0.15) is 51.0 Å². The molecule has 4 rings (SSSR count). The zero-order valence-corrected chi connectivity index (χ0v) is 24.9. The highest BCUT2D eigenvalue weighted by molar-refractivity contribution is 7.92. The minimum Gasteiger partial charge on any atom is -0.497 e. The smallest absolute Gasteiger partial charge is 0.264 e. The first-order chi connectivity index (χ1) is 20.2. The van der Waals surface area contributed by atoms with E-state index in [1.165, 1.54) is 29.2 Å². The molecule has 2 amide bonds. The molecule has 1 fully saturated rings. The Morgan fingerprint density at radius 3 is 2.19 bits per heavy atom. The predicted octanol–water partition coefficient (Wildman–Crippen LogP) is 5.29. The Labute approximate surface area is 247 Å². The van der Waals surface area contributed by atoms with E-state index in [-0.39, 0.29) is 29.1 Å². The van der Waals surface area contributed by atoms with Gasteiger partial charge in [-0.2, -0.15) is 0 Å². The molecule has 3 aromatic rings. The number of rotatable bonds is 12. The molecular formula is C32H38FN3O5S. The fraction of sp³-hybridized carbons (Fsp3) is 0.375. The topological polar surface area (TPSA) is 96.0 Å². The van der Waals surface area contributed by atoms with Gasteiger partial charge in [0.25, 0.3) is 10.0 Å². The van der Waals surface area contributed by atoms with Crippen molar-refractivity contribution in [1.29, 1.82) is 0 Å². The molecule has 0 aromatic heterocycles. The van der Waals surface area contributed by atoms with Crippen molar-refractivity contribution in [2.45, 2.75) is 69.0 Å². The van der Waals surface area contributed by atoms with E-state index in [4.69, 9.17) is 4.74 Å². The molecule has 1 N–H and O–H groups in total. The van der Waals surface area contributed by atoms with Gasteiger partial charge in [-0.05, 0) is 73.4 Å². The summed E-state index contributed by atoms with van der Waals surface area (Å²) in [5.41, 5.74) is 0.894. The lowest BCUT2D eigenvalue weighted by Crippen LogP contribution is -2.54. The van der Waals surface area contributed by atoms with Crippen LogP contribution >= 0.6 is 0 Å². The monoisotopic (exact) mass is 595 g/mol. The summed E-state index contributed by atoms with van der Waals surface area (Å²) in [5, 5.41) is 3.13. The van der Waals surface area contributed by atoms with Crippen molar-refractivity contribution in [1.82, 2.24) is 10.2 Å². The predicted molar refractivity (Wildman–Crippen MR) is 160 cm³/mol. The zero-order valence-electron chi connectivity index (χ0n) is 24.0. The van der Waals surface area contributed by atoms with E-state index >= 15 is 0 Å². The number of carbonyl (C=O) groups excluding carboxylic acids is 2. The van der Waals surface area contributed by atoms with Gasteiger partial charge in [-0.1, -0.05) is 56.5 Å². The highest BCUT2D eigenvalue weighted by Gasteiger charge is 2.34. The number of carbonyl (C=O) groups is 2. The Morgan fingerprint density at radius 2 is 1.60 bits per heavy atom. The summed E-state index contributed by atoms with van der Waals surface area (Å²) in [6.45, 7) is 1.34. The number of nitrogens with zero attached hydrogens (tertiary/aromatic N) is 2. The van der Waals surface area contributed by atoms with E-state index in [1.807, 2.05) is 19.1 Å². The molecule has 3 aromatic carbocycles. The second-order valence-electron chi connectivity index (χ2n) is 10.4. The van der Waals surface area contributed by atoms with Gasteiger partial charge in [-0.25, -0.2) is 12.8 Å². The Balaban J connectivity index is 1.69. The summed E-state index contributed by atoms with van der Waals surface area (Å²) in [4.78, 5) is 29.2. The van der Waals surface area contributed by atoms with Crippen LogP contribution in [0.2, 0.25) is 0 Å². The summed E-state index contributed by atoms with van der Waals surface area (Å²) < 4.78 is 47.6. The van der Waals surface area contributed by atoms with Gasteiger partial charge in [0.15, 0.2) is 0 Å². The van der Waals surface area contributed by atoms with Crippen LogP contribution in [0.25, 0.3) is 0 Å². The van der Waals surface area contributed by atoms with E-state index in [2.05, 4.69) is 5.32 Å². The SMILES string of the molecule is CC[C@H](C(=O)NC1CCCCC1)N(Cc1ccc(OC)cc1)C(=O)CN(c1ccc(F)cc1)S(=O)(=O)c1ccccc1. The number of amides is 2. The molecule has 1 atom stereocenters. The average Bonchev–Trinajstić information content (AvgIpc) is 3.01. The summed E-state index contributed by atoms with van der Waals surface area (Å²) in [6.07, 6.45) is 5.34. The molecular weight excluding hydrogens is 557 g/mol. The molecule has 10 heteroatoms. The molecule has 42 heavy (non-hydrogen) atoms. The lowest BCUT2D eigenvalue weighted by Gasteiger charge is -2.34. The van der Waals surface area contributed by atoms with E-state index < -0.39 is 34.3 Å². The van der Waals surface area contributed by atoms with E-state index in [1.54, 1.807) is 37.4 Å². The molecule has 0 bridgehead atoms. The molecule has 0 unspecified atom stereocenters. The Kier molecular flexibility index (Phi) is 10.6. The number of methoxy groups -OCH3 is 1. The van der Waals surface area contributed by atoms with Crippen molar-refractivity contribution in [3.63, 3.8) is 0 Å². The van der Waals surface area contributed by atoms with Gasteiger partial charge >= 0.3 is 0 Å². The summed E-state index contributed by atoms with van der Waals surface area (Å²) in [5.74, 6) is -0.699. The largest absolute Gasteiger partial charge is 0.497 e. The van der Waals surface area contributed by atoms with Crippen molar-refractivity contribution < 1.29 is 27.1 Å². The van der Waals surface area contributed by atoms with Crippen LogP contribution in [0.15, 0.2) is 83.8 Å². The van der Waals surface area contributed by atoms with Crippen LogP contribution in [0.3, 0.4) is 0 Å². The summed E-state index contributed by atoms with van der Waals surface area (Å²) >= 11 is 0. The fourth-order valence-corrected chi connectivity index (χ4v) is 6.68. The van der Waals surface area contributed by atoms with Crippen LogP contribution in [-0.4, -0.2) is 50.9 Å². The molecule has 1 saturated carbocycles. The maximum atomic E-state index is 14.1. The molecule has 0 saturated heterocycles. The number of anilines is 1. The Bertz CT molecular complexity index is 1430. The third-order valence-corrected chi connectivity index (χ3v) is 9.36. The van der Waals surface area contributed by atoms with Gasteiger partial charge in [-0.15, -0.1) is 0 Å². The second-order valence-corrected chi connectivity index (χ2v) is 12.3. The second kappa shape index (κ2) is 14.3.